The van der Waals surface area contributed by atoms with Crippen molar-refractivity contribution in [2.45, 2.75) is 20.4 Å². The molecule has 1 saturated heterocycles. The highest BCUT2D eigenvalue weighted by molar-refractivity contribution is 6.30. The standard InChI is InChI=1S/C22H25ClN4O3/c1-15(28)24-20-11-18(12-21(13-20)25-16(2)29)22(30)27-9-7-26(8-10-27)14-17-3-5-19(23)6-4-17/h3-6,11-13H,7-10,14H2,1-2H3,(H,24,28)(H,25,29). The van der Waals surface area contributed by atoms with Gasteiger partial charge >= 0.3 is 0 Å². The van der Waals surface area contributed by atoms with Crippen molar-refractivity contribution in [1.29, 1.82) is 0 Å². The second-order valence-corrected chi connectivity index (χ2v) is 7.79. The monoisotopic (exact) mass is 428 g/mol. The van der Waals surface area contributed by atoms with Gasteiger partial charge in [0.1, 0.15) is 0 Å². The molecule has 1 heterocycles. The molecule has 30 heavy (non-hydrogen) atoms. The van der Waals surface area contributed by atoms with Gasteiger partial charge in [-0.25, -0.2) is 0 Å². The van der Waals surface area contributed by atoms with E-state index >= 15 is 0 Å². The number of nitrogens with one attached hydrogen (secondary N) is 2. The average molecular weight is 429 g/mol. The normalized spacial score (nSPS) is 14.3. The Hall–Kier alpha value is -2.90. The van der Waals surface area contributed by atoms with E-state index in [0.717, 1.165) is 19.6 Å². The Labute approximate surface area is 181 Å². The summed E-state index contributed by atoms with van der Waals surface area (Å²) in [6.07, 6.45) is 0. The van der Waals surface area contributed by atoms with Gasteiger partial charge in [0.05, 0.1) is 0 Å². The van der Waals surface area contributed by atoms with Gasteiger partial charge in [0.15, 0.2) is 0 Å². The van der Waals surface area contributed by atoms with Gasteiger partial charge in [-0.05, 0) is 35.9 Å². The van der Waals surface area contributed by atoms with Crippen molar-refractivity contribution in [3.8, 4) is 0 Å². The summed E-state index contributed by atoms with van der Waals surface area (Å²) < 4.78 is 0. The van der Waals surface area contributed by atoms with E-state index in [9.17, 15) is 14.4 Å². The first kappa shape index (κ1) is 21.8. The van der Waals surface area contributed by atoms with Crippen molar-refractivity contribution >= 4 is 40.7 Å². The van der Waals surface area contributed by atoms with E-state index in [1.54, 1.807) is 23.1 Å². The molecule has 1 aliphatic rings. The maximum Gasteiger partial charge on any atom is 0.254 e. The lowest BCUT2D eigenvalue weighted by Crippen LogP contribution is -2.48. The van der Waals surface area contributed by atoms with E-state index in [0.29, 0.717) is 35.1 Å². The topological polar surface area (TPSA) is 81.8 Å². The van der Waals surface area contributed by atoms with Crippen LogP contribution < -0.4 is 10.6 Å². The molecule has 2 aromatic rings. The van der Waals surface area contributed by atoms with Crippen molar-refractivity contribution in [2.24, 2.45) is 0 Å². The Morgan fingerprint density at radius 2 is 1.40 bits per heavy atom. The van der Waals surface area contributed by atoms with E-state index < -0.39 is 0 Å². The van der Waals surface area contributed by atoms with Crippen LogP contribution >= 0.6 is 11.6 Å². The number of carbonyl (C=O) groups excluding carboxylic acids is 3. The van der Waals surface area contributed by atoms with Crippen LogP contribution in [0.4, 0.5) is 11.4 Å². The molecule has 0 bridgehead atoms. The zero-order valence-corrected chi connectivity index (χ0v) is 17.8. The number of hydrogen-bond acceptors (Lipinski definition) is 4. The summed E-state index contributed by atoms with van der Waals surface area (Å²) >= 11 is 5.94. The van der Waals surface area contributed by atoms with E-state index in [-0.39, 0.29) is 17.7 Å². The van der Waals surface area contributed by atoms with Crippen molar-refractivity contribution in [2.75, 3.05) is 36.8 Å². The van der Waals surface area contributed by atoms with Gasteiger partial charge in [-0.15, -0.1) is 0 Å². The highest BCUT2D eigenvalue weighted by Crippen LogP contribution is 2.22. The lowest BCUT2D eigenvalue weighted by molar-refractivity contribution is -0.115. The van der Waals surface area contributed by atoms with E-state index in [2.05, 4.69) is 15.5 Å². The van der Waals surface area contributed by atoms with Crippen molar-refractivity contribution in [3.05, 3.63) is 58.6 Å². The molecule has 0 aliphatic carbocycles. The third-order valence-corrected chi connectivity index (χ3v) is 5.05. The molecule has 8 heteroatoms. The molecule has 1 aliphatic heterocycles. The van der Waals surface area contributed by atoms with Gasteiger partial charge in [0, 0.05) is 68.5 Å². The van der Waals surface area contributed by atoms with Gasteiger partial charge < -0.3 is 15.5 Å². The SMILES string of the molecule is CC(=O)Nc1cc(NC(C)=O)cc(C(=O)N2CCN(Cc3ccc(Cl)cc3)CC2)c1. The molecule has 1 fully saturated rings. The Morgan fingerprint density at radius 1 is 0.867 bits per heavy atom. The van der Waals surface area contributed by atoms with Crippen LogP contribution in [-0.4, -0.2) is 53.7 Å². The second-order valence-electron chi connectivity index (χ2n) is 7.36. The summed E-state index contributed by atoms with van der Waals surface area (Å²) in [5.74, 6) is -0.617. The summed E-state index contributed by atoms with van der Waals surface area (Å²) in [5, 5.41) is 6.07. The van der Waals surface area contributed by atoms with Crippen LogP contribution in [-0.2, 0) is 16.1 Å². The number of benzene rings is 2. The fourth-order valence-corrected chi connectivity index (χ4v) is 3.57. The minimum atomic E-state index is -0.246. The molecular formula is C22H25ClN4O3. The first-order valence-electron chi connectivity index (χ1n) is 9.76. The average Bonchev–Trinajstić information content (AvgIpc) is 2.68. The highest BCUT2D eigenvalue weighted by Gasteiger charge is 2.23. The molecule has 0 atom stereocenters. The number of rotatable bonds is 5. The van der Waals surface area contributed by atoms with E-state index in [4.69, 9.17) is 11.6 Å². The minimum absolute atomic E-state index is 0.125. The Bertz CT molecular complexity index is 904. The van der Waals surface area contributed by atoms with Crippen LogP contribution in [0.25, 0.3) is 0 Å². The van der Waals surface area contributed by atoms with Gasteiger partial charge in [-0.1, -0.05) is 23.7 Å². The summed E-state index contributed by atoms with van der Waals surface area (Å²) in [5.41, 5.74) is 2.55. The predicted octanol–water partition coefficient (Wildman–Crippen LogP) is 3.21. The Morgan fingerprint density at radius 3 is 1.90 bits per heavy atom. The smallest absolute Gasteiger partial charge is 0.254 e. The van der Waals surface area contributed by atoms with E-state index in [1.165, 1.54) is 19.4 Å². The minimum Gasteiger partial charge on any atom is -0.336 e. The van der Waals surface area contributed by atoms with Gasteiger partial charge in [-0.3, -0.25) is 19.3 Å². The number of nitrogens with zero attached hydrogens (tertiary/aromatic N) is 2. The number of anilines is 2. The van der Waals surface area contributed by atoms with Crippen molar-refractivity contribution < 1.29 is 14.4 Å². The molecule has 0 unspecified atom stereocenters. The van der Waals surface area contributed by atoms with Crippen LogP contribution in [0.5, 0.6) is 0 Å². The summed E-state index contributed by atoms with van der Waals surface area (Å²) in [4.78, 5) is 40.0. The number of amides is 3. The first-order chi connectivity index (χ1) is 14.3. The maximum atomic E-state index is 13.0. The maximum absolute atomic E-state index is 13.0. The van der Waals surface area contributed by atoms with Crippen LogP contribution in [0.3, 0.4) is 0 Å². The summed E-state index contributed by atoms with van der Waals surface area (Å²) in [7, 11) is 0. The molecular weight excluding hydrogens is 404 g/mol. The molecule has 7 nitrogen and oxygen atoms in total. The van der Waals surface area contributed by atoms with Gasteiger partial charge in [-0.2, -0.15) is 0 Å². The predicted molar refractivity (Wildman–Crippen MR) is 118 cm³/mol. The fourth-order valence-electron chi connectivity index (χ4n) is 3.44. The quantitative estimate of drug-likeness (QED) is 0.766. The first-order valence-corrected chi connectivity index (χ1v) is 10.1. The zero-order chi connectivity index (χ0) is 21.7. The third kappa shape index (κ3) is 6.05. The lowest BCUT2D eigenvalue weighted by atomic mass is 10.1. The Balaban J connectivity index is 1.66. The number of hydrogen-bond donors (Lipinski definition) is 2. The van der Waals surface area contributed by atoms with Gasteiger partial charge in [0.25, 0.3) is 5.91 Å². The number of carbonyl (C=O) groups is 3. The van der Waals surface area contributed by atoms with E-state index in [1.807, 2.05) is 24.3 Å². The molecule has 158 valence electrons. The molecule has 3 rings (SSSR count). The fraction of sp³-hybridized carbons (Fsp3) is 0.318. The van der Waals surface area contributed by atoms with Crippen LogP contribution in [0.15, 0.2) is 42.5 Å². The molecule has 2 aromatic carbocycles. The summed E-state index contributed by atoms with van der Waals surface area (Å²) in [6, 6.07) is 12.7. The van der Waals surface area contributed by atoms with Crippen molar-refractivity contribution in [1.82, 2.24) is 9.80 Å². The Kier molecular flexibility index (Phi) is 7.07. The van der Waals surface area contributed by atoms with Gasteiger partial charge in [0.2, 0.25) is 11.8 Å². The highest BCUT2D eigenvalue weighted by atomic mass is 35.5. The molecule has 0 saturated carbocycles. The van der Waals surface area contributed by atoms with Crippen LogP contribution in [0.1, 0.15) is 29.8 Å². The van der Waals surface area contributed by atoms with Crippen molar-refractivity contribution in [3.63, 3.8) is 0 Å². The molecule has 0 radical (unpaired) electrons. The number of piperazine rings is 1. The van der Waals surface area contributed by atoms with Crippen LogP contribution in [0.2, 0.25) is 5.02 Å². The molecule has 2 N–H and O–H groups in total. The molecule has 0 spiro atoms. The zero-order valence-electron chi connectivity index (χ0n) is 17.1. The summed E-state index contributed by atoms with van der Waals surface area (Å²) in [6.45, 7) is 6.33. The third-order valence-electron chi connectivity index (χ3n) is 4.80. The number of halogens is 1. The van der Waals surface area contributed by atoms with Crippen LogP contribution in [0, 0.1) is 0 Å². The largest absolute Gasteiger partial charge is 0.336 e. The molecule has 0 aromatic heterocycles. The lowest BCUT2D eigenvalue weighted by Gasteiger charge is -2.35. The second kappa shape index (κ2) is 9.73. The molecule has 3 amide bonds.